The van der Waals surface area contributed by atoms with Gasteiger partial charge in [0.05, 0.1) is 5.56 Å². The topological polar surface area (TPSA) is 45.5 Å². The molecule has 1 fully saturated rings. The highest BCUT2D eigenvalue weighted by molar-refractivity contribution is 5.96. The molecule has 2 heterocycles. The molecule has 0 spiro atoms. The van der Waals surface area contributed by atoms with Crippen molar-refractivity contribution in [3.63, 3.8) is 0 Å². The van der Waals surface area contributed by atoms with E-state index in [0.717, 1.165) is 23.5 Å². The van der Waals surface area contributed by atoms with Gasteiger partial charge in [-0.25, -0.2) is 4.39 Å². The van der Waals surface area contributed by atoms with Gasteiger partial charge in [0.25, 0.3) is 5.91 Å². The Balaban J connectivity index is 1.91. The first kappa shape index (κ1) is 15.7. The second-order valence-corrected chi connectivity index (χ2v) is 6.19. The van der Waals surface area contributed by atoms with E-state index in [-0.39, 0.29) is 24.2 Å². The molecule has 1 aliphatic rings. The van der Waals surface area contributed by atoms with Gasteiger partial charge in [-0.2, -0.15) is 0 Å². The lowest BCUT2D eigenvalue weighted by Crippen LogP contribution is -2.29. The van der Waals surface area contributed by atoms with Crippen LogP contribution in [-0.2, 0) is 0 Å². The Bertz CT molecular complexity index is 721. The summed E-state index contributed by atoms with van der Waals surface area (Å²) in [5, 5.41) is 9.24. The van der Waals surface area contributed by atoms with Crippen LogP contribution in [0.2, 0.25) is 0 Å². The molecule has 0 radical (unpaired) electrons. The van der Waals surface area contributed by atoms with Gasteiger partial charge in [0.1, 0.15) is 5.82 Å². The van der Waals surface area contributed by atoms with Gasteiger partial charge in [0, 0.05) is 42.7 Å². The predicted molar refractivity (Wildman–Crippen MR) is 86.3 cm³/mol. The van der Waals surface area contributed by atoms with Crippen molar-refractivity contribution in [3.05, 3.63) is 53.1 Å². The van der Waals surface area contributed by atoms with Crippen LogP contribution in [0.3, 0.4) is 0 Å². The maximum absolute atomic E-state index is 13.1. The van der Waals surface area contributed by atoms with E-state index in [9.17, 15) is 14.3 Å². The quantitative estimate of drug-likeness (QED) is 0.946. The predicted octanol–water partition coefficient (Wildman–Crippen LogP) is 2.69. The van der Waals surface area contributed by atoms with E-state index in [1.54, 1.807) is 17.0 Å². The van der Waals surface area contributed by atoms with E-state index < -0.39 is 0 Å². The highest BCUT2D eigenvalue weighted by atomic mass is 19.1. The number of aliphatic hydroxyl groups excluding tert-OH is 1. The van der Waals surface area contributed by atoms with Crippen LogP contribution in [0.1, 0.15) is 28.2 Å². The maximum atomic E-state index is 13.1. The standard InChI is InChI=1S/C18H21FN2O2/c1-12-9-17(18(23)20-8-7-14(10-20)11-22)13(2)21(12)16-5-3-15(19)4-6-16/h3-6,9,14,22H,7-8,10-11H2,1-2H3. The number of benzene rings is 1. The minimum Gasteiger partial charge on any atom is -0.396 e. The van der Waals surface area contributed by atoms with Gasteiger partial charge in [-0.05, 0) is 50.6 Å². The Morgan fingerprint density at radius 2 is 2.00 bits per heavy atom. The molecule has 3 rings (SSSR count). The number of hydrogen-bond acceptors (Lipinski definition) is 2. The normalized spacial score (nSPS) is 17.7. The van der Waals surface area contributed by atoms with Crippen molar-refractivity contribution in [1.29, 1.82) is 0 Å². The average molecular weight is 316 g/mol. The number of amides is 1. The molecule has 1 N–H and O–H groups in total. The number of rotatable bonds is 3. The van der Waals surface area contributed by atoms with Gasteiger partial charge in [0.15, 0.2) is 0 Å². The van der Waals surface area contributed by atoms with Crippen molar-refractivity contribution >= 4 is 5.91 Å². The number of likely N-dealkylation sites (tertiary alicyclic amines) is 1. The number of aryl methyl sites for hydroxylation is 1. The zero-order chi connectivity index (χ0) is 16.6. The van der Waals surface area contributed by atoms with Crippen molar-refractivity contribution in [2.75, 3.05) is 19.7 Å². The first-order chi connectivity index (χ1) is 11.0. The minimum atomic E-state index is -0.278. The molecule has 122 valence electrons. The summed E-state index contributed by atoms with van der Waals surface area (Å²) in [5.41, 5.74) is 3.31. The van der Waals surface area contributed by atoms with Gasteiger partial charge in [-0.1, -0.05) is 0 Å². The largest absolute Gasteiger partial charge is 0.396 e. The lowest BCUT2D eigenvalue weighted by molar-refractivity contribution is 0.0781. The summed E-state index contributed by atoms with van der Waals surface area (Å²) in [6.07, 6.45) is 0.846. The summed E-state index contributed by atoms with van der Waals surface area (Å²) in [7, 11) is 0. The molecular weight excluding hydrogens is 295 g/mol. The Morgan fingerprint density at radius 1 is 1.30 bits per heavy atom. The third kappa shape index (κ3) is 2.88. The Labute approximate surface area is 135 Å². The first-order valence-corrected chi connectivity index (χ1v) is 7.86. The van der Waals surface area contributed by atoms with Crippen LogP contribution in [0.25, 0.3) is 5.69 Å². The number of hydrogen-bond donors (Lipinski definition) is 1. The number of nitrogens with zero attached hydrogens (tertiary/aromatic N) is 2. The second-order valence-electron chi connectivity index (χ2n) is 6.19. The fraction of sp³-hybridized carbons (Fsp3) is 0.389. The van der Waals surface area contributed by atoms with Crippen LogP contribution >= 0.6 is 0 Å². The summed E-state index contributed by atoms with van der Waals surface area (Å²) in [4.78, 5) is 14.6. The number of carbonyl (C=O) groups excluding carboxylic acids is 1. The Kier molecular flexibility index (Phi) is 4.22. The summed E-state index contributed by atoms with van der Waals surface area (Å²) in [5.74, 6) is -0.0958. The van der Waals surface area contributed by atoms with E-state index in [4.69, 9.17) is 0 Å². The molecule has 1 aromatic carbocycles. The Hall–Kier alpha value is -2.14. The lowest BCUT2D eigenvalue weighted by atomic mass is 10.1. The van der Waals surface area contributed by atoms with Crippen molar-refractivity contribution < 1.29 is 14.3 Å². The molecule has 0 saturated carbocycles. The molecule has 5 heteroatoms. The summed E-state index contributed by atoms with van der Waals surface area (Å²) >= 11 is 0. The van der Waals surface area contributed by atoms with Crippen molar-refractivity contribution in [3.8, 4) is 5.69 Å². The molecule has 1 unspecified atom stereocenters. The summed E-state index contributed by atoms with van der Waals surface area (Å²) in [6, 6.07) is 8.14. The first-order valence-electron chi connectivity index (χ1n) is 7.86. The van der Waals surface area contributed by atoms with Gasteiger partial charge in [-0.15, -0.1) is 0 Å². The summed E-state index contributed by atoms with van der Waals surface area (Å²) in [6.45, 7) is 5.26. The van der Waals surface area contributed by atoms with Gasteiger partial charge in [0.2, 0.25) is 0 Å². The monoisotopic (exact) mass is 316 g/mol. The zero-order valence-electron chi connectivity index (χ0n) is 13.4. The fourth-order valence-corrected chi connectivity index (χ4v) is 3.30. The molecule has 2 aromatic rings. The highest BCUT2D eigenvalue weighted by Crippen LogP contribution is 2.24. The van der Waals surface area contributed by atoms with Crippen LogP contribution in [0, 0.1) is 25.6 Å². The van der Waals surface area contributed by atoms with E-state index in [2.05, 4.69) is 0 Å². The van der Waals surface area contributed by atoms with Crippen LogP contribution in [-0.4, -0.2) is 40.2 Å². The van der Waals surface area contributed by atoms with E-state index in [0.29, 0.717) is 18.7 Å². The number of aromatic nitrogens is 1. The van der Waals surface area contributed by atoms with Crippen molar-refractivity contribution in [2.45, 2.75) is 20.3 Å². The third-order valence-corrected chi connectivity index (χ3v) is 4.58. The molecule has 23 heavy (non-hydrogen) atoms. The van der Waals surface area contributed by atoms with E-state index in [1.165, 1.54) is 12.1 Å². The molecular formula is C18H21FN2O2. The van der Waals surface area contributed by atoms with Crippen LogP contribution < -0.4 is 0 Å². The molecule has 0 bridgehead atoms. The SMILES string of the molecule is Cc1cc(C(=O)N2CCC(CO)C2)c(C)n1-c1ccc(F)cc1. The maximum Gasteiger partial charge on any atom is 0.255 e. The molecule has 4 nitrogen and oxygen atoms in total. The smallest absolute Gasteiger partial charge is 0.255 e. The average Bonchev–Trinajstić information content (AvgIpc) is 3.13. The third-order valence-electron chi connectivity index (χ3n) is 4.58. The van der Waals surface area contributed by atoms with Crippen LogP contribution in [0.5, 0.6) is 0 Å². The van der Waals surface area contributed by atoms with Crippen LogP contribution in [0.15, 0.2) is 30.3 Å². The molecule has 1 aliphatic heterocycles. The molecule has 1 atom stereocenters. The Morgan fingerprint density at radius 3 is 2.61 bits per heavy atom. The fourth-order valence-electron chi connectivity index (χ4n) is 3.30. The minimum absolute atomic E-state index is 0.00223. The molecule has 1 amide bonds. The molecule has 0 aliphatic carbocycles. The zero-order valence-corrected chi connectivity index (χ0v) is 13.4. The molecule has 1 aromatic heterocycles. The number of carbonyl (C=O) groups is 1. The lowest BCUT2D eigenvalue weighted by Gasteiger charge is -2.16. The van der Waals surface area contributed by atoms with Gasteiger partial charge in [-0.3, -0.25) is 4.79 Å². The van der Waals surface area contributed by atoms with Crippen LogP contribution in [0.4, 0.5) is 4.39 Å². The van der Waals surface area contributed by atoms with E-state index in [1.807, 2.05) is 24.5 Å². The summed E-state index contributed by atoms with van der Waals surface area (Å²) < 4.78 is 15.1. The highest BCUT2D eigenvalue weighted by Gasteiger charge is 2.28. The van der Waals surface area contributed by atoms with Crippen molar-refractivity contribution in [2.24, 2.45) is 5.92 Å². The molecule has 1 saturated heterocycles. The second kappa shape index (κ2) is 6.16. The number of aliphatic hydroxyl groups is 1. The van der Waals surface area contributed by atoms with E-state index >= 15 is 0 Å². The van der Waals surface area contributed by atoms with Gasteiger partial charge >= 0.3 is 0 Å². The van der Waals surface area contributed by atoms with Crippen molar-refractivity contribution in [1.82, 2.24) is 9.47 Å². The number of halogens is 1. The van der Waals surface area contributed by atoms with Gasteiger partial charge < -0.3 is 14.6 Å².